The molecule has 0 fully saturated rings. The first-order valence-corrected chi connectivity index (χ1v) is 12.4. The molecule has 0 saturated carbocycles. The molecule has 0 bridgehead atoms. The lowest BCUT2D eigenvalue weighted by Crippen LogP contribution is -2.26. The molecule has 4 aromatic rings. The molecule has 0 unspecified atom stereocenters. The number of para-hydroxylation sites is 2. The second-order valence-electron chi connectivity index (χ2n) is 8.86. The van der Waals surface area contributed by atoms with Crippen molar-refractivity contribution in [3.63, 3.8) is 0 Å². The van der Waals surface area contributed by atoms with Gasteiger partial charge in [-0.05, 0) is 75.4 Å². The van der Waals surface area contributed by atoms with E-state index in [0.29, 0.717) is 52.2 Å². The number of nitrogens with two attached hydrogens (primary N) is 1. The predicted octanol–water partition coefficient (Wildman–Crippen LogP) is 4.95. The highest BCUT2D eigenvalue weighted by Gasteiger charge is 2.25. The summed E-state index contributed by atoms with van der Waals surface area (Å²) < 4.78 is 6.79. The quantitative estimate of drug-likeness (QED) is 0.284. The number of hydrogen-bond donors (Lipinski definition) is 2. The molecule has 184 valence electrons. The van der Waals surface area contributed by atoms with Crippen molar-refractivity contribution in [2.75, 3.05) is 18.9 Å². The maximum Gasteiger partial charge on any atom is 0.338 e. The highest BCUT2D eigenvalue weighted by atomic mass is 16.5. The number of rotatable bonds is 7. The van der Waals surface area contributed by atoms with Gasteiger partial charge in [-0.3, -0.25) is 9.36 Å². The Morgan fingerprint density at radius 3 is 2.50 bits per heavy atom. The molecule has 0 aliphatic heterocycles. The van der Waals surface area contributed by atoms with Gasteiger partial charge >= 0.3 is 5.97 Å². The first-order chi connectivity index (χ1) is 17.6. The summed E-state index contributed by atoms with van der Waals surface area (Å²) in [7, 11) is 0. The van der Waals surface area contributed by atoms with E-state index >= 15 is 0 Å². The van der Waals surface area contributed by atoms with Crippen LogP contribution in [-0.4, -0.2) is 39.6 Å². The normalized spacial score (nSPS) is 13.5. The minimum atomic E-state index is -0.395. The van der Waals surface area contributed by atoms with Crippen LogP contribution in [0.2, 0.25) is 0 Å². The molecule has 0 radical (unpaired) electrons. The van der Waals surface area contributed by atoms with Gasteiger partial charge in [0.15, 0.2) is 5.65 Å². The van der Waals surface area contributed by atoms with Crippen LogP contribution in [-0.2, 0) is 4.74 Å². The Kier molecular flexibility index (Phi) is 6.66. The molecule has 36 heavy (non-hydrogen) atoms. The Morgan fingerprint density at radius 2 is 1.81 bits per heavy atom. The number of carbonyl (C=O) groups excluding carboxylic acids is 2. The molecule has 0 atom stereocenters. The third-order valence-electron chi connectivity index (χ3n) is 6.48. The standard InChI is InChI=1S/C28H29N5O3/c1-2-36-28(35)19-12-14-20(15-13-19)33-25(29)23(27(34)30-17-16-18-8-4-3-5-9-18)24-26(33)32-22-11-7-6-10-21(22)31-24/h6-8,10-15H,2-5,9,16-17,29H2,1H3,(H,30,34). The van der Waals surface area contributed by atoms with Crippen molar-refractivity contribution in [2.45, 2.75) is 39.0 Å². The number of ether oxygens (including phenoxy) is 1. The number of benzene rings is 2. The molecular weight excluding hydrogens is 454 g/mol. The molecule has 2 heterocycles. The summed E-state index contributed by atoms with van der Waals surface area (Å²) in [6.45, 7) is 2.60. The average molecular weight is 484 g/mol. The summed E-state index contributed by atoms with van der Waals surface area (Å²) in [5.41, 5.74) is 11.7. The van der Waals surface area contributed by atoms with E-state index in [9.17, 15) is 9.59 Å². The van der Waals surface area contributed by atoms with E-state index in [1.54, 1.807) is 35.8 Å². The van der Waals surface area contributed by atoms with E-state index in [4.69, 9.17) is 20.4 Å². The first kappa shape index (κ1) is 23.5. The molecular formula is C28H29N5O3. The van der Waals surface area contributed by atoms with Gasteiger partial charge in [0, 0.05) is 12.2 Å². The predicted molar refractivity (Wildman–Crippen MR) is 140 cm³/mol. The Balaban J connectivity index is 1.54. The van der Waals surface area contributed by atoms with Crippen LogP contribution in [0.5, 0.6) is 0 Å². The van der Waals surface area contributed by atoms with Gasteiger partial charge < -0.3 is 15.8 Å². The number of fused-ring (bicyclic) bond motifs is 2. The molecule has 1 aliphatic rings. The molecule has 1 aliphatic carbocycles. The highest BCUT2D eigenvalue weighted by Crippen LogP contribution is 2.31. The van der Waals surface area contributed by atoms with Crippen molar-refractivity contribution in [2.24, 2.45) is 0 Å². The van der Waals surface area contributed by atoms with E-state index in [2.05, 4.69) is 11.4 Å². The van der Waals surface area contributed by atoms with Gasteiger partial charge in [-0.2, -0.15) is 0 Å². The van der Waals surface area contributed by atoms with Crippen molar-refractivity contribution in [3.8, 4) is 5.69 Å². The number of carbonyl (C=O) groups is 2. The SMILES string of the molecule is CCOC(=O)c1ccc(-n2c(N)c(C(=O)NCCC3=CCCCC3)c3nc4ccccc4nc32)cc1. The second kappa shape index (κ2) is 10.2. The Morgan fingerprint density at radius 1 is 1.06 bits per heavy atom. The number of anilines is 1. The molecule has 5 rings (SSSR count). The van der Waals surface area contributed by atoms with E-state index in [-0.39, 0.29) is 11.7 Å². The van der Waals surface area contributed by atoms with Crippen LogP contribution in [0.4, 0.5) is 5.82 Å². The Bertz CT molecular complexity index is 1470. The third kappa shape index (κ3) is 4.54. The van der Waals surface area contributed by atoms with E-state index < -0.39 is 5.97 Å². The fourth-order valence-corrected chi connectivity index (χ4v) is 4.66. The van der Waals surface area contributed by atoms with Gasteiger partial charge in [0.2, 0.25) is 0 Å². The molecule has 8 nitrogen and oxygen atoms in total. The largest absolute Gasteiger partial charge is 0.462 e. The van der Waals surface area contributed by atoms with E-state index in [1.807, 2.05) is 24.3 Å². The molecule has 0 spiro atoms. The van der Waals surface area contributed by atoms with Gasteiger partial charge in [0.1, 0.15) is 16.9 Å². The number of nitrogens with one attached hydrogen (secondary N) is 1. The highest BCUT2D eigenvalue weighted by molar-refractivity contribution is 6.11. The van der Waals surface area contributed by atoms with Crippen molar-refractivity contribution in [1.82, 2.24) is 19.9 Å². The smallest absolute Gasteiger partial charge is 0.338 e. The molecule has 3 N–H and O–H groups in total. The number of nitrogens with zero attached hydrogens (tertiary/aromatic N) is 3. The van der Waals surface area contributed by atoms with Crippen LogP contribution < -0.4 is 11.1 Å². The number of amides is 1. The Hall–Kier alpha value is -4.20. The number of nitrogen functional groups attached to an aromatic ring is 1. The van der Waals surface area contributed by atoms with E-state index in [0.717, 1.165) is 19.3 Å². The second-order valence-corrected chi connectivity index (χ2v) is 8.86. The molecule has 2 aromatic carbocycles. The van der Waals surface area contributed by atoms with Gasteiger partial charge in [0.05, 0.1) is 23.2 Å². The lowest BCUT2D eigenvalue weighted by Gasteiger charge is -2.13. The topological polar surface area (TPSA) is 112 Å². The maximum atomic E-state index is 13.4. The Labute approximate surface area is 209 Å². The molecule has 0 saturated heterocycles. The van der Waals surface area contributed by atoms with Crippen LogP contribution in [0, 0.1) is 0 Å². The number of aromatic nitrogens is 3. The molecule has 8 heteroatoms. The zero-order valence-electron chi connectivity index (χ0n) is 20.3. The summed E-state index contributed by atoms with van der Waals surface area (Å²) in [5, 5.41) is 3.03. The van der Waals surface area contributed by atoms with Crippen LogP contribution in [0.25, 0.3) is 27.9 Å². The minimum absolute atomic E-state index is 0.249. The maximum absolute atomic E-state index is 13.4. The summed E-state index contributed by atoms with van der Waals surface area (Å²) in [6.07, 6.45) is 7.76. The van der Waals surface area contributed by atoms with Crippen molar-refractivity contribution < 1.29 is 14.3 Å². The minimum Gasteiger partial charge on any atom is -0.462 e. The molecule has 1 amide bonds. The number of allylic oxidation sites excluding steroid dienone is 1. The fraction of sp³-hybridized carbons (Fsp3) is 0.286. The van der Waals surface area contributed by atoms with E-state index in [1.165, 1.54) is 18.4 Å². The number of esters is 1. The lowest BCUT2D eigenvalue weighted by molar-refractivity contribution is 0.0526. The zero-order chi connectivity index (χ0) is 25.1. The van der Waals surface area contributed by atoms with Crippen LogP contribution >= 0.6 is 0 Å². The summed E-state index contributed by atoms with van der Waals surface area (Å²) in [4.78, 5) is 35.0. The van der Waals surface area contributed by atoms with Crippen LogP contribution in [0.3, 0.4) is 0 Å². The van der Waals surface area contributed by atoms with Crippen LogP contribution in [0.15, 0.2) is 60.2 Å². The van der Waals surface area contributed by atoms with Gasteiger partial charge in [-0.25, -0.2) is 14.8 Å². The van der Waals surface area contributed by atoms with Crippen molar-refractivity contribution in [1.29, 1.82) is 0 Å². The monoisotopic (exact) mass is 483 g/mol. The summed E-state index contributed by atoms with van der Waals surface area (Å²) in [6, 6.07) is 14.4. The third-order valence-corrected chi connectivity index (χ3v) is 6.48. The first-order valence-electron chi connectivity index (χ1n) is 12.4. The van der Waals surface area contributed by atoms with Crippen LogP contribution in [0.1, 0.15) is 59.7 Å². The van der Waals surface area contributed by atoms with Crippen molar-refractivity contribution >= 4 is 39.9 Å². The molecule has 2 aromatic heterocycles. The average Bonchev–Trinajstić information content (AvgIpc) is 3.18. The fourth-order valence-electron chi connectivity index (χ4n) is 4.66. The van der Waals surface area contributed by atoms with Gasteiger partial charge in [-0.15, -0.1) is 0 Å². The summed E-state index contributed by atoms with van der Waals surface area (Å²) >= 11 is 0. The number of hydrogen-bond acceptors (Lipinski definition) is 6. The summed E-state index contributed by atoms with van der Waals surface area (Å²) in [5.74, 6) is -0.424. The van der Waals surface area contributed by atoms with Gasteiger partial charge in [-0.1, -0.05) is 23.8 Å². The zero-order valence-corrected chi connectivity index (χ0v) is 20.3. The van der Waals surface area contributed by atoms with Crippen molar-refractivity contribution in [3.05, 3.63) is 71.3 Å². The lowest BCUT2D eigenvalue weighted by atomic mass is 9.97. The van der Waals surface area contributed by atoms with Gasteiger partial charge in [0.25, 0.3) is 5.91 Å².